The maximum atomic E-state index is 12.6. The molecule has 0 radical (unpaired) electrons. The van der Waals surface area contributed by atoms with E-state index < -0.39 is 5.97 Å². The fourth-order valence-corrected chi connectivity index (χ4v) is 3.11. The summed E-state index contributed by atoms with van der Waals surface area (Å²) in [5, 5.41) is 9.55. The van der Waals surface area contributed by atoms with Gasteiger partial charge in [-0.2, -0.15) is 0 Å². The molecule has 1 heterocycles. The average molecular weight is 426 g/mol. The second kappa shape index (κ2) is 9.89. The van der Waals surface area contributed by atoms with Crippen molar-refractivity contribution in [2.24, 2.45) is 0 Å². The number of pyridine rings is 1. The Kier molecular flexibility index (Phi) is 7.03. The normalized spacial score (nSPS) is 10.5. The summed E-state index contributed by atoms with van der Waals surface area (Å²) >= 11 is 6.11. The van der Waals surface area contributed by atoms with Gasteiger partial charge >= 0.3 is 5.97 Å². The lowest BCUT2D eigenvalue weighted by atomic mass is 10.0. The maximum absolute atomic E-state index is 12.6. The predicted octanol–water partition coefficient (Wildman–Crippen LogP) is 4.38. The summed E-state index contributed by atoms with van der Waals surface area (Å²) in [5.74, 6) is 0.116. The molecule has 0 atom stereocenters. The molecule has 2 aromatic carbocycles. The van der Waals surface area contributed by atoms with E-state index in [4.69, 9.17) is 26.2 Å². The molecule has 1 N–H and O–H groups in total. The first-order valence-corrected chi connectivity index (χ1v) is 9.56. The van der Waals surface area contributed by atoms with E-state index in [1.54, 1.807) is 31.4 Å². The van der Waals surface area contributed by atoms with Gasteiger partial charge in [-0.15, -0.1) is 0 Å². The molecule has 0 saturated heterocycles. The number of carboxylic acids is 1. The van der Waals surface area contributed by atoms with Gasteiger partial charge in [0.05, 0.1) is 7.11 Å². The van der Waals surface area contributed by atoms with Crippen molar-refractivity contribution in [1.29, 1.82) is 0 Å². The monoisotopic (exact) mass is 425 g/mol. The van der Waals surface area contributed by atoms with Crippen molar-refractivity contribution < 1.29 is 24.2 Å². The van der Waals surface area contributed by atoms with E-state index in [0.29, 0.717) is 28.5 Å². The highest BCUT2D eigenvalue weighted by atomic mass is 35.5. The molecule has 0 fully saturated rings. The Bertz CT molecular complexity index is 1050. The number of nitrogens with zero attached hydrogens (tertiary/aromatic N) is 1. The van der Waals surface area contributed by atoms with Crippen LogP contribution in [0.3, 0.4) is 0 Å². The lowest BCUT2D eigenvalue weighted by Crippen LogP contribution is -2.10. The molecule has 3 rings (SSSR count). The van der Waals surface area contributed by atoms with Gasteiger partial charge in [0.15, 0.2) is 0 Å². The van der Waals surface area contributed by atoms with E-state index in [2.05, 4.69) is 4.98 Å². The number of rotatable bonds is 9. The van der Waals surface area contributed by atoms with Gasteiger partial charge in [0.1, 0.15) is 29.6 Å². The highest BCUT2D eigenvalue weighted by molar-refractivity contribution is 6.30. The topological polar surface area (TPSA) is 85.7 Å². The van der Waals surface area contributed by atoms with Crippen LogP contribution in [-0.4, -0.2) is 29.0 Å². The molecule has 0 aliphatic heterocycles. The number of hydrogen-bond donors (Lipinski definition) is 1. The van der Waals surface area contributed by atoms with Crippen LogP contribution < -0.4 is 9.47 Å². The molecule has 0 aliphatic carbocycles. The van der Waals surface area contributed by atoms with Crippen molar-refractivity contribution >= 4 is 23.4 Å². The summed E-state index contributed by atoms with van der Waals surface area (Å²) in [6, 6.07) is 15.7. The van der Waals surface area contributed by atoms with Gasteiger partial charge in [-0.3, -0.25) is 4.79 Å². The molecule has 0 saturated carbocycles. The third-order valence-corrected chi connectivity index (χ3v) is 4.64. The maximum Gasteiger partial charge on any atom is 0.354 e. The molecule has 0 spiro atoms. The van der Waals surface area contributed by atoms with Gasteiger partial charge in [-0.25, -0.2) is 9.78 Å². The highest BCUT2D eigenvalue weighted by Gasteiger charge is 2.13. The fourth-order valence-electron chi connectivity index (χ4n) is 2.91. The molecular formula is C23H20ClNO5. The minimum Gasteiger partial charge on any atom is -0.497 e. The zero-order valence-corrected chi connectivity index (χ0v) is 17.1. The van der Waals surface area contributed by atoms with Crippen molar-refractivity contribution in [1.82, 2.24) is 4.98 Å². The largest absolute Gasteiger partial charge is 0.497 e. The fraction of sp³-hybridized carbons (Fsp3) is 0.174. The van der Waals surface area contributed by atoms with E-state index >= 15 is 0 Å². The van der Waals surface area contributed by atoms with Gasteiger partial charge in [0.25, 0.3) is 0 Å². The van der Waals surface area contributed by atoms with Crippen LogP contribution in [0.5, 0.6) is 11.5 Å². The van der Waals surface area contributed by atoms with E-state index in [-0.39, 0.29) is 24.3 Å². The average Bonchev–Trinajstić information content (AvgIpc) is 2.73. The summed E-state index contributed by atoms with van der Waals surface area (Å²) in [4.78, 5) is 27.4. The van der Waals surface area contributed by atoms with Crippen LogP contribution in [0.1, 0.15) is 27.2 Å². The molecule has 154 valence electrons. The van der Waals surface area contributed by atoms with Gasteiger partial charge < -0.3 is 14.6 Å². The Labute approximate surface area is 179 Å². The third-order valence-electron chi connectivity index (χ3n) is 4.41. The number of ketones is 1. The molecule has 0 unspecified atom stereocenters. The first kappa shape index (κ1) is 21.3. The zero-order valence-electron chi connectivity index (χ0n) is 16.3. The highest BCUT2D eigenvalue weighted by Crippen LogP contribution is 2.25. The number of carbonyl (C=O) groups excluding carboxylic acids is 1. The van der Waals surface area contributed by atoms with Crippen molar-refractivity contribution in [3.05, 3.63) is 88.2 Å². The van der Waals surface area contributed by atoms with Crippen LogP contribution in [0, 0.1) is 0 Å². The Hall–Kier alpha value is -3.38. The molecule has 3 aromatic rings. The Morgan fingerprint density at radius 1 is 1.00 bits per heavy atom. The van der Waals surface area contributed by atoms with Crippen molar-refractivity contribution in [3.8, 4) is 11.5 Å². The van der Waals surface area contributed by atoms with Crippen LogP contribution in [0.4, 0.5) is 0 Å². The zero-order chi connectivity index (χ0) is 21.5. The third kappa shape index (κ3) is 5.81. The van der Waals surface area contributed by atoms with E-state index in [1.807, 2.05) is 24.3 Å². The minimum absolute atomic E-state index is 0.0888. The van der Waals surface area contributed by atoms with Crippen molar-refractivity contribution in [3.63, 3.8) is 0 Å². The molecular weight excluding hydrogens is 406 g/mol. The van der Waals surface area contributed by atoms with Gasteiger partial charge in [-0.1, -0.05) is 23.7 Å². The number of halogens is 1. The summed E-state index contributed by atoms with van der Waals surface area (Å²) < 4.78 is 11.1. The number of benzene rings is 2. The number of aromatic carboxylic acids is 1. The number of Topliss-reactive ketones (excluding diaryl/α,β-unsaturated/α-hetero) is 1. The van der Waals surface area contributed by atoms with E-state index in [1.165, 1.54) is 12.3 Å². The minimum atomic E-state index is -1.13. The van der Waals surface area contributed by atoms with Gasteiger partial charge in [0.2, 0.25) is 0 Å². The lowest BCUT2D eigenvalue weighted by Gasteiger charge is -2.12. The van der Waals surface area contributed by atoms with Crippen LogP contribution in [-0.2, 0) is 24.2 Å². The quantitative estimate of drug-likeness (QED) is 0.547. The number of carboxylic acid groups (broad SMARTS) is 1. The van der Waals surface area contributed by atoms with Crippen LogP contribution in [0.2, 0.25) is 5.02 Å². The van der Waals surface area contributed by atoms with Gasteiger partial charge in [-0.05, 0) is 53.6 Å². The number of methoxy groups -OCH3 is 1. The molecule has 0 bridgehead atoms. The summed E-state index contributed by atoms with van der Waals surface area (Å²) in [6.07, 6.45) is 1.59. The number of hydrogen-bond acceptors (Lipinski definition) is 5. The molecule has 6 nitrogen and oxygen atoms in total. The van der Waals surface area contributed by atoms with Crippen LogP contribution in [0.25, 0.3) is 0 Å². The summed E-state index contributed by atoms with van der Waals surface area (Å²) in [7, 11) is 1.61. The van der Waals surface area contributed by atoms with E-state index in [9.17, 15) is 9.59 Å². The summed E-state index contributed by atoms with van der Waals surface area (Å²) in [6.45, 7) is 0.332. The van der Waals surface area contributed by atoms with Crippen molar-refractivity contribution in [2.45, 2.75) is 19.4 Å². The first-order valence-electron chi connectivity index (χ1n) is 9.18. The van der Waals surface area contributed by atoms with Crippen molar-refractivity contribution in [2.75, 3.05) is 7.11 Å². The standard InChI is InChI=1S/C23H20ClNO5/c1-29-20-5-2-15(3-6-20)14-30-22-7-4-18(24)12-17(22)13-19(26)10-16-8-9-25-21(11-16)23(27)28/h2-9,11-12H,10,13-14H2,1H3,(H,27,28). The SMILES string of the molecule is COc1ccc(COc2ccc(Cl)cc2CC(=O)Cc2ccnc(C(=O)O)c2)cc1. The second-order valence-corrected chi connectivity index (χ2v) is 7.07. The lowest BCUT2D eigenvalue weighted by molar-refractivity contribution is -0.117. The van der Waals surface area contributed by atoms with E-state index in [0.717, 1.165) is 11.3 Å². The smallest absolute Gasteiger partial charge is 0.354 e. The Balaban J connectivity index is 1.69. The molecule has 0 amide bonds. The Morgan fingerprint density at radius 3 is 2.47 bits per heavy atom. The van der Waals surface area contributed by atoms with Crippen LogP contribution >= 0.6 is 11.6 Å². The molecule has 30 heavy (non-hydrogen) atoms. The Morgan fingerprint density at radius 2 is 1.77 bits per heavy atom. The first-order chi connectivity index (χ1) is 14.4. The molecule has 7 heteroatoms. The molecule has 0 aliphatic rings. The number of aromatic nitrogens is 1. The predicted molar refractivity (Wildman–Crippen MR) is 112 cm³/mol. The van der Waals surface area contributed by atoms with Gasteiger partial charge in [0, 0.05) is 29.6 Å². The summed E-state index contributed by atoms with van der Waals surface area (Å²) in [5.41, 5.74) is 2.14. The van der Waals surface area contributed by atoms with Crippen LogP contribution in [0.15, 0.2) is 60.8 Å². The second-order valence-electron chi connectivity index (χ2n) is 6.64. The number of ether oxygens (including phenoxy) is 2. The molecule has 1 aromatic heterocycles. The number of carbonyl (C=O) groups is 2.